The third kappa shape index (κ3) is 4.13. The molecule has 0 heterocycles. The van der Waals surface area contributed by atoms with Crippen molar-refractivity contribution in [1.29, 1.82) is 0 Å². The first-order valence-electron chi connectivity index (χ1n) is 5.14. The van der Waals surface area contributed by atoms with Crippen LogP contribution in [0.4, 0.5) is 5.69 Å². The van der Waals surface area contributed by atoms with Crippen molar-refractivity contribution in [3.63, 3.8) is 0 Å². The number of amides is 1. The molecule has 0 unspecified atom stereocenters. The lowest BCUT2D eigenvalue weighted by atomic mass is 10.2. The molecule has 82 valence electrons. The second-order valence-corrected chi connectivity index (χ2v) is 3.43. The van der Waals surface area contributed by atoms with Gasteiger partial charge < -0.3 is 10.1 Å². The molecule has 0 aliphatic carbocycles. The molecule has 0 saturated carbocycles. The number of carbonyl (C=O) groups is 1. The molecule has 0 fully saturated rings. The molecule has 0 saturated heterocycles. The van der Waals surface area contributed by atoms with E-state index in [-0.39, 0.29) is 5.91 Å². The smallest absolute Gasteiger partial charge is 0.224 e. The first-order valence-corrected chi connectivity index (χ1v) is 5.14. The van der Waals surface area contributed by atoms with Crippen molar-refractivity contribution in [2.75, 3.05) is 12.4 Å². The molecule has 0 bridgehead atoms. The predicted octanol–water partition coefficient (Wildman–Crippen LogP) is 2.57. The van der Waals surface area contributed by atoms with Gasteiger partial charge in [0.15, 0.2) is 0 Å². The topological polar surface area (TPSA) is 38.3 Å². The molecule has 15 heavy (non-hydrogen) atoms. The highest BCUT2D eigenvalue weighted by Crippen LogP contribution is 2.11. The van der Waals surface area contributed by atoms with E-state index in [1.807, 2.05) is 31.2 Å². The van der Waals surface area contributed by atoms with Crippen LogP contribution in [0, 0.1) is 0 Å². The maximum absolute atomic E-state index is 11.3. The summed E-state index contributed by atoms with van der Waals surface area (Å²) in [6, 6.07) is 7.69. The van der Waals surface area contributed by atoms with E-state index in [9.17, 15) is 4.79 Å². The highest BCUT2D eigenvalue weighted by atomic mass is 16.5. The van der Waals surface area contributed by atoms with Crippen LogP contribution >= 0.6 is 0 Å². The molecule has 0 aliphatic rings. The first-order chi connectivity index (χ1) is 7.26. The van der Waals surface area contributed by atoms with Crippen molar-refractivity contribution in [2.24, 2.45) is 0 Å². The van der Waals surface area contributed by atoms with Gasteiger partial charge in [-0.2, -0.15) is 0 Å². The number of methoxy groups -OCH3 is 1. The van der Waals surface area contributed by atoms with Crippen LogP contribution < -0.4 is 5.32 Å². The lowest BCUT2D eigenvalue weighted by Gasteiger charge is -2.06. The Morgan fingerprint density at radius 3 is 2.93 bits per heavy atom. The molecule has 0 radical (unpaired) electrons. The van der Waals surface area contributed by atoms with Crippen LogP contribution in [0.5, 0.6) is 0 Å². The van der Waals surface area contributed by atoms with Crippen LogP contribution in [0.15, 0.2) is 24.3 Å². The minimum Gasteiger partial charge on any atom is -0.380 e. The molecule has 0 spiro atoms. The lowest BCUT2D eigenvalue weighted by Crippen LogP contribution is -2.10. The Kier molecular flexibility index (Phi) is 4.84. The van der Waals surface area contributed by atoms with Crippen molar-refractivity contribution in [1.82, 2.24) is 0 Å². The zero-order valence-electron chi connectivity index (χ0n) is 9.25. The van der Waals surface area contributed by atoms with Crippen LogP contribution in [0.25, 0.3) is 0 Å². The molecular formula is C12H17NO2. The van der Waals surface area contributed by atoms with Gasteiger partial charge in [0.1, 0.15) is 0 Å². The SMILES string of the molecule is CCCC(=O)Nc1cccc(COC)c1. The number of rotatable bonds is 5. The van der Waals surface area contributed by atoms with Gasteiger partial charge in [-0.1, -0.05) is 19.1 Å². The Bertz CT molecular complexity index is 323. The number of carbonyl (C=O) groups excluding carboxylic acids is 1. The van der Waals surface area contributed by atoms with Gasteiger partial charge in [-0.05, 0) is 24.1 Å². The van der Waals surface area contributed by atoms with Crippen molar-refractivity contribution >= 4 is 11.6 Å². The highest BCUT2D eigenvalue weighted by Gasteiger charge is 2.01. The van der Waals surface area contributed by atoms with E-state index in [2.05, 4.69) is 5.32 Å². The maximum Gasteiger partial charge on any atom is 0.224 e. The Balaban J connectivity index is 2.60. The summed E-state index contributed by atoms with van der Waals surface area (Å²) in [4.78, 5) is 11.3. The van der Waals surface area contributed by atoms with E-state index >= 15 is 0 Å². The van der Waals surface area contributed by atoms with Crippen molar-refractivity contribution < 1.29 is 9.53 Å². The fourth-order valence-electron chi connectivity index (χ4n) is 1.36. The molecular weight excluding hydrogens is 190 g/mol. The number of anilines is 1. The third-order valence-corrected chi connectivity index (χ3v) is 2.00. The second kappa shape index (κ2) is 6.19. The van der Waals surface area contributed by atoms with Crippen LogP contribution in [-0.4, -0.2) is 13.0 Å². The van der Waals surface area contributed by atoms with E-state index in [0.717, 1.165) is 17.7 Å². The predicted molar refractivity (Wildman–Crippen MR) is 60.7 cm³/mol. The molecule has 0 aromatic heterocycles. The zero-order chi connectivity index (χ0) is 11.1. The van der Waals surface area contributed by atoms with Gasteiger partial charge in [-0.15, -0.1) is 0 Å². The van der Waals surface area contributed by atoms with E-state index in [1.54, 1.807) is 7.11 Å². The molecule has 1 N–H and O–H groups in total. The van der Waals surface area contributed by atoms with E-state index in [1.165, 1.54) is 0 Å². The number of ether oxygens (including phenoxy) is 1. The van der Waals surface area contributed by atoms with Crippen molar-refractivity contribution in [3.05, 3.63) is 29.8 Å². The average Bonchev–Trinajstić information content (AvgIpc) is 2.19. The summed E-state index contributed by atoms with van der Waals surface area (Å²) in [7, 11) is 1.66. The summed E-state index contributed by atoms with van der Waals surface area (Å²) < 4.78 is 5.02. The summed E-state index contributed by atoms with van der Waals surface area (Å²) in [5.41, 5.74) is 1.90. The summed E-state index contributed by atoms with van der Waals surface area (Å²) in [6.45, 7) is 2.55. The van der Waals surface area contributed by atoms with Gasteiger partial charge >= 0.3 is 0 Å². The van der Waals surface area contributed by atoms with Gasteiger partial charge in [-0.25, -0.2) is 0 Å². The minimum absolute atomic E-state index is 0.0621. The van der Waals surface area contributed by atoms with Crippen LogP contribution in [0.3, 0.4) is 0 Å². The number of hydrogen-bond acceptors (Lipinski definition) is 2. The zero-order valence-corrected chi connectivity index (χ0v) is 9.25. The molecule has 1 aromatic rings. The second-order valence-electron chi connectivity index (χ2n) is 3.43. The number of nitrogens with one attached hydrogen (secondary N) is 1. The molecule has 3 heteroatoms. The van der Waals surface area contributed by atoms with Crippen molar-refractivity contribution in [2.45, 2.75) is 26.4 Å². The Morgan fingerprint density at radius 1 is 1.47 bits per heavy atom. The average molecular weight is 207 g/mol. The van der Waals surface area contributed by atoms with Gasteiger partial charge in [0.05, 0.1) is 6.61 Å². The van der Waals surface area contributed by atoms with E-state index < -0.39 is 0 Å². The van der Waals surface area contributed by atoms with Crippen LogP contribution in [0.1, 0.15) is 25.3 Å². The van der Waals surface area contributed by atoms with Crippen LogP contribution in [-0.2, 0) is 16.1 Å². The lowest BCUT2D eigenvalue weighted by molar-refractivity contribution is -0.116. The standard InChI is InChI=1S/C12H17NO2/c1-3-5-12(14)13-11-7-4-6-10(8-11)9-15-2/h4,6-8H,3,5,9H2,1-2H3,(H,13,14). The van der Waals surface area contributed by atoms with Gasteiger partial charge in [0, 0.05) is 19.2 Å². The summed E-state index contributed by atoms with van der Waals surface area (Å²) >= 11 is 0. The molecule has 0 aliphatic heterocycles. The number of hydrogen-bond donors (Lipinski definition) is 1. The highest BCUT2D eigenvalue weighted by molar-refractivity contribution is 5.90. The molecule has 1 amide bonds. The van der Waals surface area contributed by atoms with Crippen LogP contribution in [0.2, 0.25) is 0 Å². The van der Waals surface area contributed by atoms with Gasteiger partial charge in [0.2, 0.25) is 5.91 Å². The maximum atomic E-state index is 11.3. The third-order valence-electron chi connectivity index (χ3n) is 2.00. The molecule has 3 nitrogen and oxygen atoms in total. The normalized spacial score (nSPS) is 10.0. The largest absolute Gasteiger partial charge is 0.380 e. The number of benzene rings is 1. The van der Waals surface area contributed by atoms with Gasteiger partial charge in [0.25, 0.3) is 0 Å². The van der Waals surface area contributed by atoms with E-state index in [4.69, 9.17) is 4.74 Å². The summed E-state index contributed by atoms with van der Waals surface area (Å²) in [5.74, 6) is 0.0621. The summed E-state index contributed by atoms with van der Waals surface area (Å²) in [6.07, 6.45) is 1.43. The van der Waals surface area contributed by atoms with Gasteiger partial charge in [-0.3, -0.25) is 4.79 Å². The molecule has 1 rings (SSSR count). The fourth-order valence-corrected chi connectivity index (χ4v) is 1.36. The van der Waals surface area contributed by atoms with Crippen molar-refractivity contribution in [3.8, 4) is 0 Å². The fraction of sp³-hybridized carbons (Fsp3) is 0.417. The Hall–Kier alpha value is -1.35. The monoisotopic (exact) mass is 207 g/mol. The quantitative estimate of drug-likeness (QED) is 0.805. The first kappa shape index (κ1) is 11.7. The molecule has 0 atom stereocenters. The van der Waals surface area contributed by atoms with E-state index in [0.29, 0.717) is 13.0 Å². The summed E-state index contributed by atoms with van der Waals surface area (Å²) in [5, 5.41) is 2.85. The Labute approximate surface area is 90.4 Å². The molecule has 1 aromatic carbocycles. The Morgan fingerprint density at radius 2 is 2.27 bits per heavy atom. The minimum atomic E-state index is 0.0621.